The maximum Gasteiger partial charge on any atom is 0.153 e. The molecule has 2 aromatic rings. The Kier molecular flexibility index (Phi) is 2.80. The van der Waals surface area contributed by atoms with Gasteiger partial charge in [-0.15, -0.1) is 10.2 Å². The SMILES string of the molecule is CC1CC(n2nnc3c2CN(c2cc(N)cnn2)CC3)C1. The van der Waals surface area contributed by atoms with Crippen LogP contribution in [0, 0.1) is 5.92 Å². The second-order valence-corrected chi connectivity index (χ2v) is 6.18. The van der Waals surface area contributed by atoms with Crippen LogP contribution in [0.4, 0.5) is 11.5 Å². The average Bonchev–Trinajstić information content (AvgIpc) is 2.86. The normalized spacial score (nSPS) is 24.5. The lowest BCUT2D eigenvalue weighted by Gasteiger charge is -2.35. The van der Waals surface area contributed by atoms with E-state index in [2.05, 4.69) is 37.0 Å². The Labute approximate surface area is 123 Å². The lowest BCUT2D eigenvalue weighted by atomic mass is 9.82. The van der Waals surface area contributed by atoms with E-state index in [9.17, 15) is 0 Å². The molecule has 0 saturated heterocycles. The smallest absolute Gasteiger partial charge is 0.153 e. The van der Waals surface area contributed by atoms with E-state index in [0.29, 0.717) is 11.7 Å². The van der Waals surface area contributed by atoms with Crippen LogP contribution in [0.1, 0.15) is 37.2 Å². The van der Waals surface area contributed by atoms with Crippen LogP contribution in [0.2, 0.25) is 0 Å². The molecule has 0 bridgehead atoms. The Morgan fingerprint density at radius 1 is 1.29 bits per heavy atom. The fourth-order valence-electron chi connectivity index (χ4n) is 3.28. The van der Waals surface area contributed by atoms with Gasteiger partial charge in [-0.2, -0.15) is 5.10 Å². The van der Waals surface area contributed by atoms with Crippen molar-refractivity contribution in [1.29, 1.82) is 0 Å². The molecule has 1 fully saturated rings. The Balaban J connectivity index is 1.60. The quantitative estimate of drug-likeness (QED) is 0.892. The van der Waals surface area contributed by atoms with Gasteiger partial charge in [-0.3, -0.25) is 0 Å². The van der Waals surface area contributed by atoms with Gasteiger partial charge in [-0.1, -0.05) is 12.1 Å². The first-order valence-corrected chi connectivity index (χ1v) is 7.47. The van der Waals surface area contributed by atoms with Crippen molar-refractivity contribution in [2.45, 2.75) is 38.8 Å². The van der Waals surface area contributed by atoms with Gasteiger partial charge >= 0.3 is 0 Å². The first-order chi connectivity index (χ1) is 10.2. The fraction of sp³-hybridized carbons (Fsp3) is 0.571. The molecule has 3 heterocycles. The molecule has 1 saturated carbocycles. The highest BCUT2D eigenvalue weighted by Gasteiger charge is 2.32. The third kappa shape index (κ3) is 2.12. The van der Waals surface area contributed by atoms with E-state index in [4.69, 9.17) is 5.73 Å². The molecule has 0 aromatic carbocycles. The van der Waals surface area contributed by atoms with Gasteiger partial charge in [0.25, 0.3) is 0 Å². The van der Waals surface area contributed by atoms with Crippen LogP contribution in [0.15, 0.2) is 12.3 Å². The number of anilines is 2. The summed E-state index contributed by atoms with van der Waals surface area (Å²) in [7, 11) is 0. The summed E-state index contributed by atoms with van der Waals surface area (Å²) < 4.78 is 2.13. The maximum absolute atomic E-state index is 5.80. The molecule has 0 unspecified atom stereocenters. The molecule has 0 atom stereocenters. The van der Waals surface area contributed by atoms with Crippen molar-refractivity contribution >= 4 is 11.5 Å². The Morgan fingerprint density at radius 3 is 2.90 bits per heavy atom. The lowest BCUT2D eigenvalue weighted by Crippen LogP contribution is -2.34. The number of hydrogen-bond acceptors (Lipinski definition) is 6. The fourth-order valence-corrected chi connectivity index (χ4v) is 3.28. The van der Waals surface area contributed by atoms with E-state index in [-0.39, 0.29) is 0 Å². The van der Waals surface area contributed by atoms with Crippen molar-refractivity contribution in [1.82, 2.24) is 25.2 Å². The van der Waals surface area contributed by atoms with E-state index in [1.54, 1.807) is 6.20 Å². The molecule has 2 aliphatic rings. The summed E-state index contributed by atoms with van der Waals surface area (Å²) in [5.41, 5.74) is 8.80. The summed E-state index contributed by atoms with van der Waals surface area (Å²) in [6.45, 7) is 3.95. The monoisotopic (exact) mass is 285 g/mol. The first kappa shape index (κ1) is 12.6. The molecule has 2 aromatic heterocycles. The van der Waals surface area contributed by atoms with Crippen LogP contribution < -0.4 is 10.6 Å². The molecule has 0 amide bonds. The minimum Gasteiger partial charge on any atom is -0.397 e. The van der Waals surface area contributed by atoms with Gasteiger partial charge in [0.15, 0.2) is 5.82 Å². The highest BCUT2D eigenvalue weighted by Crippen LogP contribution is 2.38. The van der Waals surface area contributed by atoms with Gasteiger partial charge in [-0.25, -0.2) is 4.68 Å². The van der Waals surface area contributed by atoms with E-state index >= 15 is 0 Å². The number of nitrogens with zero attached hydrogens (tertiary/aromatic N) is 6. The molecule has 0 radical (unpaired) electrons. The molecular formula is C14H19N7. The predicted octanol–water partition coefficient (Wildman–Crippen LogP) is 1.18. The minimum atomic E-state index is 0.517. The maximum atomic E-state index is 5.80. The van der Waals surface area contributed by atoms with Gasteiger partial charge in [0.05, 0.1) is 35.9 Å². The second-order valence-electron chi connectivity index (χ2n) is 6.18. The van der Waals surface area contributed by atoms with Crippen molar-refractivity contribution in [3.63, 3.8) is 0 Å². The Hall–Kier alpha value is -2.18. The van der Waals surface area contributed by atoms with E-state index < -0.39 is 0 Å². The van der Waals surface area contributed by atoms with Gasteiger partial charge in [0, 0.05) is 19.0 Å². The zero-order valence-electron chi connectivity index (χ0n) is 12.1. The first-order valence-electron chi connectivity index (χ1n) is 7.47. The standard InChI is InChI=1S/C14H19N7/c1-9-4-11(5-9)21-13-8-20(3-2-12(13)17-19-21)14-6-10(15)7-16-18-14/h6-7,9,11H,2-5,8H2,1H3,(H2,15,18). The van der Waals surface area contributed by atoms with Crippen molar-refractivity contribution < 1.29 is 0 Å². The van der Waals surface area contributed by atoms with Crippen LogP contribution >= 0.6 is 0 Å². The molecule has 21 heavy (non-hydrogen) atoms. The van der Waals surface area contributed by atoms with Crippen molar-refractivity contribution in [2.75, 3.05) is 17.2 Å². The van der Waals surface area contributed by atoms with Gasteiger partial charge < -0.3 is 10.6 Å². The molecule has 4 rings (SSSR count). The Morgan fingerprint density at radius 2 is 2.14 bits per heavy atom. The van der Waals surface area contributed by atoms with Gasteiger partial charge in [-0.05, 0) is 18.8 Å². The number of fused-ring (bicyclic) bond motifs is 1. The molecule has 2 N–H and O–H groups in total. The molecule has 1 aliphatic carbocycles. The van der Waals surface area contributed by atoms with Crippen LogP contribution in [-0.2, 0) is 13.0 Å². The molecule has 7 nitrogen and oxygen atoms in total. The highest BCUT2D eigenvalue weighted by molar-refractivity contribution is 5.49. The van der Waals surface area contributed by atoms with Crippen molar-refractivity contribution in [2.24, 2.45) is 5.92 Å². The van der Waals surface area contributed by atoms with Gasteiger partial charge in [0.1, 0.15) is 0 Å². The van der Waals surface area contributed by atoms with Crippen LogP contribution in [0.25, 0.3) is 0 Å². The summed E-state index contributed by atoms with van der Waals surface area (Å²) in [4.78, 5) is 2.20. The van der Waals surface area contributed by atoms with Crippen LogP contribution in [0.3, 0.4) is 0 Å². The minimum absolute atomic E-state index is 0.517. The second kappa shape index (κ2) is 4.68. The molecular weight excluding hydrogens is 266 g/mol. The molecule has 7 heteroatoms. The molecule has 0 spiro atoms. The summed E-state index contributed by atoms with van der Waals surface area (Å²) in [5.74, 6) is 1.63. The highest BCUT2D eigenvalue weighted by atomic mass is 15.5. The third-order valence-electron chi connectivity index (χ3n) is 4.51. The third-order valence-corrected chi connectivity index (χ3v) is 4.51. The Bertz CT molecular complexity index is 659. The van der Waals surface area contributed by atoms with Crippen LogP contribution in [0.5, 0.6) is 0 Å². The van der Waals surface area contributed by atoms with E-state index in [1.165, 1.54) is 18.5 Å². The van der Waals surface area contributed by atoms with Crippen molar-refractivity contribution in [3.05, 3.63) is 23.7 Å². The lowest BCUT2D eigenvalue weighted by molar-refractivity contribution is 0.193. The van der Waals surface area contributed by atoms with Crippen LogP contribution in [-0.4, -0.2) is 31.7 Å². The topological polar surface area (TPSA) is 85.8 Å². The van der Waals surface area contributed by atoms with Crippen molar-refractivity contribution in [3.8, 4) is 0 Å². The zero-order chi connectivity index (χ0) is 14.4. The summed E-state index contributed by atoms with van der Waals surface area (Å²) in [6.07, 6.45) is 4.87. The molecule has 110 valence electrons. The number of rotatable bonds is 2. The summed E-state index contributed by atoms with van der Waals surface area (Å²) >= 11 is 0. The number of hydrogen-bond donors (Lipinski definition) is 1. The van der Waals surface area contributed by atoms with Gasteiger partial charge in [0.2, 0.25) is 0 Å². The number of aromatic nitrogens is 5. The summed E-state index contributed by atoms with van der Waals surface area (Å²) in [5, 5.41) is 16.9. The molecule has 1 aliphatic heterocycles. The number of nitrogen functional groups attached to an aromatic ring is 1. The zero-order valence-corrected chi connectivity index (χ0v) is 12.1. The average molecular weight is 285 g/mol. The number of nitrogens with two attached hydrogens (primary N) is 1. The van der Waals surface area contributed by atoms with E-state index in [0.717, 1.165) is 36.9 Å². The summed E-state index contributed by atoms with van der Waals surface area (Å²) in [6, 6.07) is 2.39. The van der Waals surface area contributed by atoms with E-state index in [1.807, 2.05) is 6.07 Å². The predicted molar refractivity (Wildman–Crippen MR) is 78.7 cm³/mol. The largest absolute Gasteiger partial charge is 0.397 e.